The van der Waals surface area contributed by atoms with Gasteiger partial charge in [-0.2, -0.15) is 0 Å². The zero-order chi connectivity index (χ0) is 15.3. The summed E-state index contributed by atoms with van der Waals surface area (Å²) in [4.78, 5) is 2.28. The number of hydrogen-bond donors (Lipinski definition) is 0. The van der Waals surface area contributed by atoms with Gasteiger partial charge in [0.25, 0.3) is 0 Å². The lowest BCUT2D eigenvalue weighted by Crippen LogP contribution is -2.39. The van der Waals surface area contributed by atoms with E-state index in [0.29, 0.717) is 12.1 Å². The average Bonchev–Trinajstić information content (AvgIpc) is 2.35. The van der Waals surface area contributed by atoms with E-state index >= 15 is 0 Å². The Morgan fingerprint density at radius 1 is 1.25 bits per heavy atom. The molecule has 4 heteroatoms. The molecule has 0 spiro atoms. The molecule has 0 saturated carbocycles. The second kappa shape index (κ2) is 7.89. The first kappa shape index (κ1) is 17.3. The van der Waals surface area contributed by atoms with Crippen LogP contribution < -0.4 is 4.74 Å². The first-order chi connectivity index (χ1) is 9.36. The SMILES string of the molecule is COc1ccc(C)cc1CSC(=S)N(C(C)C)C(C)C. The van der Waals surface area contributed by atoms with Crippen molar-refractivity contribution in [2.45, 2.75) is 52.5 Å². The van der Waals surface area contributed by atoms with Gasteiger partial charge in [0, 0.05) is 23.4 Å². The molecule has 2 nitrogen and oxygen atoms in total. The third-order valence-corrected chi connectivity index (χ3v) is 4.59. The van der Waals surface area contributed by atoms with Gasteiger partial charge < -0.3 is 9.64 Å². The van der Waals surface area contributed by atoms with E-state index in [-0.39, 0.29) is 0 Å². The number of thiocarbonyl (C=S) groups is 1. The minimum atomic E-state index is 0.425. The Kier molecular flexibility index (Phi) is 6.83. The standard InChI is InChI=1S/C16H25NOS2/c1-11(2)17(12(3)4)16(19)20-10-14-9-13(5)7-8-15(14)18-6/h7-9,11-12H,10H2,1-6H3. The summed E-state index contributed by atoms with van der Waals surface area (Å²) in [5, 5.41) is 0. The Morgan fingerprint density at radius 3 is 2.35 bits per heavy atom. The van der Waals surface area contributed by atoms with Gasteiger partial charge in [0.05, 0.1) is 7.11 Å². The molecule has 1 aromatic carbocycles. The number of thioether (sulfide) groups is 1. The number of aryl methyl sites for hydroxylation is 1. The Bertz CT molecular complexity index is 450. The molecule has 0 amide bonds. The van der Waals surface area contributed by atoms with Gasteiger partial charge in [-0.3, -0.25) is 0 Å². The van der Waals surface area contributed by atoms with Gasteiger partial charge in [-0.1, -0.05) is 41.7 Å². The molecule has 1 aromatic rings. The van der Waals surface area contributed by atoms with Gasteiger partial charge in [-0.05, 0) is 40.7 Å². The molecule has 0 fully saturated rings. The van der Waals surface area contributed by atoms with E-state index < -0.39 is 0 Å². The molecule has 1 rings (SSSR count). The first-order valence-electron chi connectivity index (χ1n) is 6.95. The summed E-state index contributed by atoms with van der Waals surface area (Å²) in [6.45, 7) is 10.8. The van der Waals surface area contributed by atoms with Crippen LogP contribution in [0.25, 0.3) is 0 Å². The predicted octanol–water partition coefficient (Wildman–Crippen LogP) is 4.64. The molecule has 112 valence electrons. The third kappa shape index (κ3) is 4.67. The van der Waals surface area contributed by atoms with E-state index in [9.17, 15) is 0 Å². The van der Waals surface area contributed by atoms with E-state index in [4.69, 9.17) is 17.0 Å². The summed E-state index contributed by atoms with van der Waals surface area (Å²) >= 11 is 7.30. The van der Waals surface area contributed by atoms with Crippen molar-refractivity contribution in [1.82, 2.24) is 4.90 Å². The van der Waals surface area contributed by atoms with Crippen LogP contribution in [0.3, 0.4) is 0 Å². The maximum Gasteiger partial charge on any atom is 0.137 e. The average molecular weight is 312 g/mol. The number of rotatable bonds is 5. The monoisotopic (exact) mass is 311 g/mol. The maximum atomic E-state index is 5.59. The summed E-state index contributed by atoms with van der Waals surface area (Å²) in [7, 11) is 1.71. The van der Waals surface area contributed by atoms with Crippen LogP contribution in [0.1, 0.15) is 38.8 Å². The Balaban J connectivity index is 2.76. The molecular weight excluding hydrogens is 286 g/mol. The molecular formula is C16H25NOS2. The minimum absolute atomic E-state index is 0.425. The third-order valence-electron chi connectivity index (χ3n) is 3.11. The van der Waals surface area contributed by atoms with Crippen LogP contribution in [-0.4, -0.2) is 28.4 Å². The lowest BCUT2D eigenvalue weighted by molar-refractivity contribution is 0.303. The van der Waals surface area contributed by atoms with Crippen LogP contribution in [-0.2, 0) is 5.75 Å². The molecule has 0 aliphatic rings. The number of methoxy groups -OCH3 is 1. The molecule has 0 unspecified atom stereocenters. The van der Waals surface area contributed by atoms with Gasteiger partial charge >= 0.3 is 0 Å². The molecule has 0 aliphatic carbocycles. The molecule has 0 saturated heterocycles. The molecule has 0 atom stereocenters. The number of ether oxygens (including phenoxy) is 1. The van der Waals surface area contributed by atoms with Crippen molar-refractivity contribution in [1.29, 1.82) is 0 Å². The maximum absolute atomic E-state index is 5.59. The van der Waals surface area contributed by atoms with Gasteiger partial charge in [-0.15, -0.1) is 0 Å². The van der Waals surface area contributed by atoms with Crippen molar-refractivity contribution in [3.05, 3.63) is 29.3 Å². The quantitative estimate of drug-likeness (QED) is 0.734. The smallest absolute Gasteiger partial charge is 0.137 e. The molecule has 0 heterocycles. The molecule has 0 bridgehead atoms. The first-order valence-corrected chi connectivity index (χ1v) is 8.34. The van der Waals surface area contributed by atoms with Gasteiger partial charge in [0.2, 0.25) is 0 Å². The lowest BCUT2D eigenvalue weighted by Gasteiger charge is -2.32. The summed E-state index contributed by atoms with van der Waals surface area (Å²) in [6.07, 6.45) is 0. The second-order valence-corrected chi connectivity index (χ2v) is 7.07. The summed E-state index contributed by atoms with van der Waals surface area (Å²) in [5.74, 6) is 1.78. The van der Waals surface area contributed by atoms with Crippen molar-refractivity contribution in [3.63, 3.8) is 0 Å². The molecule has 0 radical (unpaired) electrons. The van der Waals surface area contributed by atoms with E-state index in [1.807, 2.05) is 6.07 Å². The van der Waals surface area contributed by atoms with Crippen molar-refractivity contribution in [3.8, 4) is 5.75 Å². The van der Waals surface area contributed by atoms with Crippen molar-refractivity contribution >= 4 is 28.3 Å². The van der Waals surface area contributed by atoms with Crippen molar-refractivity contribution in [2.24, 2.45) is 0 Å². The van der Waals surface area contributed by atoms with Crippen molar-refractivity contribution in [2.75, 3.05) is 7.11 Å². The molecule has 0 aromatic heterocycles. The Hall–Kier alpha value is -0.740. The Labute approximate surface area is 132 Å². The number of hydrogen-bond acceptors (Lipinski definition) is 3. The van der Waals surface area contributed by atoms with Crippen LogP contribution >= 0.6 is 24.0 Å². The predicted molar refractivity (Wildman–Crippen MR) is 93.7 cm³/mol. The van der Waals surface area contributed by atoms with Gasteiger partial charge in [0.15, 0.2) is 0 Å². The molecule has 20 heavy (non-hydrogen) atoms. The zero-order valence-electron chi connectivity index (χ0n) is 13.3. The fraction of sp³-hybridized carbons (Fsp3) is 0.562. The summed E-state index contributed by atoms with van der Waals surface area (Å²) in [6, 6.07) is 7.11. The van der Waals surface area contributed by atoms with E-state index in [0.717, 1.165) is 15.8 Å². The minimum Gasteiger partial charge on any atom is -0.496 e. The highest BCUT2D eigenvalue weighted by Crippen LogP contribution is 2.27. The topological polar surface area (TPSA) is 12.5 Å². The van der Waals surface area contributed by atoms with E-state index in [1.165, 1.54) is 11.1 Å². The van der Waals surface area contributed by atoms with Gasteiger partial charge in [-0.25, -0.2) is 0 Å². The molecule has 0 N–H and O–H groups in total. The van der Waals surface area contributed by atoms with Gasteiger partial charge in [0.1, 0.15) is 10.1 Å². The van der Waals surface area contributed by atoms with Crippen LogP contribution in [0, 0.1) is 6.92 Å². The van der Waals surface area contributed by atoms with Crippen LogP contribution in [0.2, 0.25) is 0 Å². The Morgan fingerprint density at radius 2 is 1.85 bits per heavy atom. The van der Waals surface area contributed by atoms with Crippen LogP contribution in [0.5, 0.6) is 5.75 Å². The summed E-state index contributed by atoms with van der Waals surface area (Å²) in [5.41, 5.74) is 2.45. The zero-order valence-corrected chi connectivity index (χ0v) is 14.9. The number of nitrogens with zero attached hydrogens (tertiary/aromatic N) is 1. The highest BCUT2D eigenvalue weighted by molar-refractivity contribution is 8.22. The second-order valence-electron chi connectivity index (χ2n) is 5.46. The number of benzene rings is 1. The van der Waals surface area contributed by atoms with E-state index in [2.05, 4.69) is 51.7 Å². The van der Waals surface area contributed by atoms with Crippen LogP contribution in [0.4, 0.5) is 0 Å². The van der Waals surface area contributed by atoms with E-state index in [1.54, 1.807) is 18.9 Å². The fourth-order valence-corrected chi connectivity index (χ4v) is 3.93. The van der Waals surface area contributed by atoms with Crippen molar-refractivity contribution < 1.29 is 4.74 Å². The highest BCUT2D eigenvalue weighted by Gasteiger charge is 2.17. The normalized spacial score (nSPS) is 11.0. The fourth-order valence-electron chi connectivity index (χ4n) is 2.25. The molecule has 0 aliphatic heterocycles. The largest absolute Gasteiger partial charge is 0.496 e. The summed E-state index contributed by atoms with van der Waals surface area (Å²) < 4.78 is 6.37. The van der Waals surface area contributed by atoms with Crippen LogP contribution in [0.15, 0.2) is 18.2 Å². The lowest BCUT2D eigenvalue weighted by atomic mass is 10.1. The highest BCUT2D eigenvalue weighted by atomic mass is 32.2.